The zero-order chi connectivity index (χ0) is 13.8. The fourth-order valence-electron chi connectivity index (χ4n) is 1.66. The van der Waals surface area contributed by atoms with Gasteiger partial charge >= 0.3 is 5.97 Å². The van der Waals surface area contributed by atoms with Crippen LogP contribution in [0.3, 0.4) is 0 Å². The lowest BCUT2D eigenvalue weighted by atomic mass is 10.2. The molecule has 1 aromatic heterocycles. The first-order valence-electron chi connectivity index (χ1n) is 5.64. The molecule has 0 saturated carbocycles. The summed E-state index contributed by atoms with van der Waals surface area (Å²) in [5.74, 6) is -0.358. The molecule has 0 aliphatic rings. The van der Waals surface area contributed by atoms with Crippen molar-refractivity contribution in [2.24, 2.45) is 0 Å². The second-order valence-corrected chi connectivity index (χ2v) is 5.36. The van der Waals surface area contributed by atoms with Gasteiger partial charge in [0.2, 0.25) is 0 Å². The molecule has 1 N–H and O–H groups in total. The first-order chi connectivity index (χ1) is 9.09. The zero-order valence-electron chi connectivity index (χ0n) is 10.3. The molecule has 0 amide bonds. The van der Waals surface area contributed by atoms with Crippen LogP contribution in [0, 0.1) is 6.92 Å². The van der Waals surface area contributed by atoms with Crippen LogP contribution < -0.4 is 0 Å². The molecule has 0 atom stereocenters. The number of thioether (sulfide) groups is 1. The molecule has 0 aliphatic carbocycles. The van der Waals surface area contributed by atoms with E-state index in [-0.39, 0.29) is 5.56 Å². The van der Waals surface area contributed by atoms with E-state index in [4.69, 9.17) is 11.6 Å². The van der Waals surface area contributed by atoms with Gasteiger partial charge in [0.25, 0.3) is 0 Å². The quantitative estimate of drug-likeness (QED) is 0.865. The minimum Gasteiger partial charge on any atom is -0.478 e. The molecular formula is C14H12ClNO2S. The summed E-state index contributed by atoms with van der Waals surface area (Å²) >= 11 is 7.45. The Balaban J connectivity index is 2.23. The lowest BCUT2D eigenvalue weighted by molar-refractivity contribution is 0.0691. The lowest BCUT2D eigenvalue weighted by Gasteiger charge is -2.08. The van der Waals surface area contributed by atoms with Crippen LogP contribution in [0.1, 0.15) is 21.5 Å². The maximum atomic E-state index is 11.2. The Bertz CT molecular complexity index is 616. The number of pyridine rings is 1. The molecule has 1 heterocycles. The first-order valence-corrected chi connectivity index (χ1v) is 7.01. The monoisotopic (exact) mass is 293 g/mol. The van der Waals surface area contributed by atoms with Crippen molar-refractivity contribution < 1.29 is 9.90 Å². The predicted molar refractivity (Wildman–Crippen MR) is 76.9 cm³/mol. The molecule has 0 unspecified atom stereocenters. The van der Waals surface area contributed by atoms with Crippen LogP contribution in [-0.4, -0.2) is 16.1 Å². The topological polar surface area (TPSA) is 50.2 Å². The van der Waals surface area contributed by atoms with Gasteiger partial charge in [0.15, 0.2) is 0 Å². The second kappa shape index (κ2) is 6.08. The highest BCUT2D eigenvalue weighted by Gasteiger charge is 2.15. The van der Waals surface area contributed by atoms with Gasteiger partial charge in [0.05, 0.1) is 5.56 Å². The summed E-state index contributed by atoms with van der Waals surface area (Å²) in [6.07, 6.45) is 1.62. The van der Waals surface area contributed by atoms with Crippen LogP contribution in [0.4, 0.5) is 0 Å². The van der Waals surface area contributed by atoms with Gasteiger partial charge in [-0.3, -0.25) is 0 Å². The summed E-state index contributed by atoms with van der Waals surface area (Å²) in [7, 11) is 0. The number of nitrogens with zero attached hydrogens (tertiary/aromatic N) is 1. The Morgan fingerprint density at radius 2 is 2.11 bits per heavy atom. The highest BCUT2D eigenvalue weighted by atomic mass is 35.5. The normalized spacial score (nSPS) is 10.4. The number of halogens is 1. The molecule has 1 aromatic carbocycles. The largest absolute Gasteiger partial charge is 0.478 e. The van der Waals surface area contributed by atoms with Crippen molar-refractivity contribution in [3.63, 3.8) is 0 Å². The van der Waals surface area contributed by atoms with Crippen molar-refractivity contribution in [3.8, 4) is 0 Å². The lowest BCUT2D eigenvalue weighted by Crippen LogP contribution is -2.03. The fourth-order valence-corrected chi connectivity index (χ4v) is 3.02. The molecule has 5 heteroatoms. The Kier molecular flexibility index (Phi) is 4.45. The predicted octanol–water partition coefficient (Wildman–Crippen LogP) is 4.03. The van der Waals surface area contributed by atoms with Gasteiger partial charge in [-0.25, -0.2) is 9.78 Å². The molecule has 19 heavy (non-hydrogen) atoms. The number of hydrogen-bond donors (Lipinski definition) is 1. The number of aromatic carboxylic acids is 1. The minimum atomic E-state index is -0.952. The molecule has 3 nitrogen and oxygen atoms in total. The van der Waals surface area contributed by atoms with Crippen molar-refractivity contribution in [2.45, 2.75) is 17.7 Å². The highest BCUT2D eigenvalue weighted by Crippen LogP contribution is 2.28. The van der Waals surface area contributed by atoms with Gasteiger partial charge < -0.3 is 5.11 Å². The van der Waals surface area contributed by atoms with E-state index in [1.165, 1.54) is 11.8 Å². The van der Waals surface area contributed by atoms with E-state index in [0.29, 0.717) is 21.4 Å². The minimum absolute atomic E-state index is 0.263. The van der Waals surface area contributed by atoms with E-state index in [0.717, 1.165) is 5.56 Å². The third kappa shape index (κ3) is 3.28. The smallest absolute Gasteiger partial charge is 0.338 e. The molecule has 0 radical (unpaired) electrons. The Morgan fingerprint density at radius 3 is 2.79 bits per heavy atom. The first kappa shape index (κ1) is 13.9. The summed E-state index contributed by atoms with van der Waals surface area (Å²) < 4.78 is 0. The SMILES string of the molecule is Cc1ccnc(SCc2ccccc2Cl)c1C(=O)O. The van der Waals surface area contributed by atoms with Crippen LogP contribution in [0.5, 0.6) is 0 Å². The number of carboxylic acids is 1. The van der Waals surface area contributed by atoms with Crippen LogP contribution in [0.2, 0.25) is 5.02 Å². The van der Waals surface area contributed by atoms with Gasteiger partial charge in [-0.1, -0.05) is 29.8 Å². The molecule has 2 rings (SSSR count). The number of rotatable bonds is 4. The number of aryl methyl sites for hydroxylation is 1. The van der Waals surface area contributed by atoms with Crippen LogP contribution in [0.25, 0.3) is 0 Å². The van der Waals surface area contributed by atoms with Crippen molar-refractivity contribution in [1.29, 1.82) is 0 Å². The average Bonchev–Trinajstić information content (AvgIpc) is 2.37. The third-order valence-corrected chi connectivity index (χ3v) is 4.07. The average molecular weight is 294 g/mol. The number of hydrogen-bond acceptors (Lipinski definition) is 3. The summed E-state index contributed by atoms with van der Waals surface area (Å²) in [6.45, 7) is 1.77. The number of aromatic nitrogens is 1. The molecule has 0 spiro atoms. The van der Waals surface area contributed by atoms with E-state index in [1.807, 2.05) is 24.3 Å². The van der Waals surface area contributed by atoms with Crippen molar-refractivity contribution in [2.75, 3.05) is 0 Å². The summed E-state index contributed by atoms with van der Waals surface area (Å²) in [6, 6.07) is 9.21. The standard InChI is InChI=1S/C14H12ClNO2S/c1-9-6-7-16-13(12(9)14(17)18)19-8-10-4-2-3-5-11(10)15/h2-7H,8H2,1H3,(H,17,18). The Morgan fingerprint density at radius 1 is 1.37 bits per heavy atom. The molecule has 0 fully saturated rings. The summed E-state index contributed by atoms with van der Waals surface area (Å²) in [5, 5.41) is 10.4. The fraction of sp³-hybridized carbons (Fsp3) is 0.143. The van der Waals surface area contributed by atoms with Crippen LogP contribution >= 0.6 is 23.4 Å². The van der Waals surface area contributed by atoms with E-state index in [1.54, 1.807) is 19.2 Å². The van der Waals surface area contributed by atoms with E-state index >= 15 is 0 Å². The van der Waals surface area contributed by atoms with Gasteiger partial charge in [-0.15, -0.1) is 11.8 Å². The van der Waals surface area contributed by atoms with Crippen molar-refractivity contribution >= 4 is 29.3 Å². The molecule has 0 aliphatic heterocycles. The van der Waals surface area contributed by atoms with Crippen molar-refractivity contribution in [1.82, 2.24) is 4.98 Å². The molecule has 0 saturated heterocycles. The van der Waals surface area contributed by atoms with Crippen LogP contribution in [0.15, 0.2) is 41.6 Å². The maximum Gasteiger partial charge on any atom is 0.338 e. The van der Waals surface area contributed by atoms with Gasteiger partial charge in [0.1, 0.15) is 5.03 Å². The van der Waals surface area contributed by atoms with Gasteiger partial charge in [-0.05, 0) is 30.2 Å². The molecule has 2 aromatic rings. The number of carboxylic acid groups (broad SMARTS) is 1. The maximum absolute atomic E-state index is 11.2. The Labute approximate surface area is 120 Å². The number of benzene rings is 1. The van der Waals surface area contributed by atoms with Crippen LogP contribution in [-0.2, 0) is 5.75 Å². The van der Waals surface area contributed by atoms with E-state index in [9.17, 15) is 9.90 Å². The third-order valence-electron chi connectivity index (χ3n) is 2.66. The highest BCUT2D eigenvalue weighted by molar-refractivity contribution is 7.98. The number of carbonyl (C=O) groups is 1. The molecular weight excluding hydrogens is 282 g/mol. The Hall–Kier alpha value is -1.52. The summed E-state index contributed by atoms with van der Waals surface area (Å²) in [5.41, 5.74) is 1.94. The van der Waals surface area contributed by atoms with Crippen molar-refractivity contribution in [3.05, 3.63) is 58.2 Å². The van der Waals surface area contributed by atoms with E-state index in [2.05, 4.69) is 4.98 Å². The van der Waals surface area contributed by atoms with E-state index < -0.39 is 5.97 Å². The van der Waals surface area contributed by atoms with Gasteiger partial charge in [0, 0.05) is 17.0 Å². The summed E-state index contributed by atoms with van der Waals surface area (Å²) in [4.78, 5) is 15.4. The van der Waals surface area contributed by atoms with Gasteiger partial charge in [-0.2, -0.15) is 0 Å². The zero-order valence-corrected chi connectivity index (χ0v) is 11.8. The molecule has 0 bridgehead atoms. The molecule has 98 valence electrons. The second-order valence-electron chi connectivity index (χ2n) is 3.99.